The molecule has 3 nitrogen and oxygen atoms in total. The first-order chi connectivity index (χ1) is 12.5. The Hall–Kier alpha value is -1.77. The molecule has 2 fully saturated rings. The molecular weight excluding hydrogens is 320 g/mol. The Morgan fingerprint density at radius 3 is 2.69 bits per heavy atom. The number of fused-ring (bicyclic) bond motifs is 2. The molecular formula is C23H32N2O. The van der Waals surface area contributed by atoms with Crippen molar-refractivity contribution in [2.75, 3.05) is 6.54 Å². The molecule has 0 radical (unpaired) electrons. The predicted octanol–water partition coefficient (Wildman–Crippen LogP) is 5.03. The fourth-order valence-electron chi connectivity index (χ4n) is 5.39. The van der Waals surface area contributed by atoms with Gasteiger partial charge in [-0.05, 0) is 43.2 Å². The lowest BCUT2D eigenvalue weighted by Crippen LogP contribution is -2.50. The lowest BCUT2D eigenvalue weighted by atomic mass is 9.77. The minimum Gasteiger partial charge on any atom is -0.350 e. The van der Waals surface area contributed by atoms with Gasteiger partial charge in [0.1, 0.15) is 0 Å². The van der Waals surface area contributed by atoms with Crippen molar-refractivity contribution >= 4 is 16.8 Å². The van der Waals surface area contributed by atoms with Gasteiger partial charge in [-0.15, -0.1) is 0 Å². The fourth-order valence-corrected chi connectivity index (χ4v) is 5.39. The van der Waals surface area contributed by atoms with E-state index in [0.29, 0.717) is 18.4 Å². The van der Waals surface area contributed by atoms with Crippen molar-refractivity contribution in [1.29, 1.82) is 0 Å². The van der Waals surface area contributed by atoms with Gasteiger partial charge in [-0.3, -0.25) is 4.79 Å². The van der Waals surface area contributed by atoms with E-state index in [2.05, 4.69) is 60.8 Å². The summed E-state index contributed by atoms with van der Waals surface area (Å²) in [7, 11) is 2.10. The number of amides is 1. The number of aromatic nitrogens is 1. The lowest BCUT2D eigenvalue weighted by molar-refractivity contribution is -0.138. The molecule has 1 aromatic carbocycles. The van der Waals surface area contributed by atoms with Crippen molar-refractivity contribution in [1.82, 2.24) is 9.47 Å². The molecule has 2 atom stereocenters. The Labute approximate surface area is 157 Å². The van der Waals surface area contributed by atoms with E-state index in [0.717, 1.165) is 12.5 Å². The lowest BCUT2D eigenvalue weighted by Gasteiger charge is -2.45. The van der Waals surface area contributed by atoms with Gasteiger partial charge in [0, 0.05) is 48.6 Å². The molecule has 4 rings (SSSR count). The van der Waals surface area contributed by atoms with E-state index >= 15 is 0 Å². The van der Waals surface area contributed by atoms with Crippen LogP contribution >= 0.6 is 0 Å². The molecule has 2 unspecified atom stereocenters. The summed E-state index contributed by atoms with van der Waals surface area (Å²) in [5.74, 6) is 1.11. The van der Waals surface area contributed by atoms with Gasteiger partial charge in [0.15, 0.2) is 0 Å². The van der Waals surface area contributed by atoms with E-state index in [4.69, 9.17) is 0 Å². The molecule has 26 heavy (non-hydrogen) atoms. The van der Waals surface area contributed by atoms with Crippen LogP contribution in [0.25, 0.3) is 10.9 Å². The summed E-state index contributed by atoms with van der Waals surface area (Å²) in [5, 5.41) is 1.28. The van der Waals surface area contributed by atoms with Crippen molar-refractivity contribution in [2.45, 2.75) is 70.3 Å². The van der Waals surface area contributed by atoms with Gasteiger partial charge >= 0.3 is 0 Å². The second-order valence-corrected chi connectivity index (χ2v) is 9.07. The Balaban J connectivity index is 1.57. The maximum absolute atomic E-state index is 13.3. The molecule has 0 bridgehead atoms. The summed E-state index contributed by atoms with van der Waals surface area (Å²) in [4.78, 5) is 15.6. The summed E-state index contributed by atoms with van der Waals surface area (Å²) in [6.45, 7) is 5.43. The minimum atomic E-state index is -0.153. The average molecular weight is 353 g/mol. The molecule has 2 aliphatic rings. The Morgan fingerprint density at radius 2 is 1.85 bits per heavy atom. The second-order valence-electron chi connectivity index (χ2n) is 9.07. The molecule has 1 saturated carbocycles. The molecule has 0 N–H and O–H groups in total. The number of benzene rings is 1. The van der Waals surface area contributed by atoms with Crippen molar-refractivity contribution in [2.24, 2.45) is 13.0 Å². The fraction of sp³-hybridized carbons (Fsp3) is 0.609. The highest BCUT2D eigenvalue weighted by atomic mass is 16.2. The van der Waals surface area contributed by atoms with E-state index in [-0.39, 0.29) is 5.41 Å². The third-order valence-electron chi connectivity index (χ3n) is 6.78. The highest BCUT2D eigenvalue weighted by Crippen LogP contribution is 2.38. The maximum Gasteiger partial charge on any atom is 0.223 e. The van der Waals surface area contributed by atoms with Gasteiger partial charge in [-0.25, -0.2) is 0 Å². The molecule has 1 amide bonds. The summed E-state index contributed by atoms with van der Waals surface area (Å²) < 4.78 is 2.19. The number of para-hydroxylation sites is 1. The SMILES string of the molecule is Cn1cc(C(C)(C)CC(=O)N2CCCC3CCCCC32)c2ccccc21. The van der Waals surface area contributed by atoms with Crippen LogP contribution in [0, 0.1) is 5.92 Å². The zero-order valence-electron chi connectivity index (χ0n) is 16.5. The van der Waals surface area contributed by atoms with Gasteiger partial charge < -0.3 is 9.47 Å². The zero-order valence-corrected chi connectivity index (χ0v) is 16.5. The molecule has 2 aromatic rings. The molecule has 140 valence electrons. The predicted molar refractivity (Wildman–Crippen MR) is 107 cm³/mol. The first-order valence-electron chi connectivity index (χ1n) is 10.3. The summed E-state index contributed by atoms with van der Waals surface area (Å²) in [5.41, 5.74) is 2.38. The normalized spacial score (nSPS) is 23.9. The van der Waals surface area contributed by atoms with Crippen LogP contribution in [0.4, 0.5) is 0 Å². The molecule has 1 aromatic heterocycles. The number of carbonyl (C=O) groups is 1. The highest BCUT2D eigenvalue weighted by Gasteiger charge is 2.38. The third kappa shape index (κ3) is 3.06. The third-order valence-corrected chi connectivity index (χ3v) is 6.78. The molecule has 1 saturated heterocycles. The van der Waals surface area contributed by atoms with E-state index in [1.165, 1.54) is 55.0 Å². The minimum absolute atomic E-state index is 0.153. The number of rotatable bonds is 3. The molecule has 1 aliphatic heterocycles. The van der Waals surface area contributed by atoms with Crippen LogP contribution in [0.1, 0.15) is 64.4 Å². The van der Waals surface area contributed by atoms with Crippen molar-refractivity contribution in [3.05, 3.63) is 36.0 Å². The summed E-state index contributed by atoms with van der Waals surface area (Å²) >= 11 is 0. The van der Waals surface area contributed by atoms with Crippen molar-refractivity contribution in [3.63, 3.8) is 0 Å². The van der Waals surface area contributed by atoms with Gasteiger partial charge in [0.05, 0.1) is 0 Å². The van der Waals surface area contributed by atoms with Gasteiger partial charge in [-0.2, -0.15) is 0 Å². The van der Waals surface area contributed by atoms with E-state index in [9.17, 15) is 4.79 Å². The number of hydrogen-bond acceptors (Lipinski definition) is 1. The molecule has 2 heterocycles. The first-order valence-corrected chi connectivity index (χ1v) is 10.3. The van der Waals surface area contributed by atoms with Gasteiger partial charge in [0.2, 0.25) is 5.91 Å². The standard InChI is InChI=1S/C23H32N2O/c1-23(2,19-16-24(3)21-13-7-5-11-18(19)21)15-22(26)25-14-8-10-17-9-4-6-12-20(17)25/h5,7,11,13,16-17,20H,4,6,8-10,12,14-15H2,1-3H3. The number of nitrogens with zero attached hydrogens (tertiary/aromatic N) is 2. The average Bonchev–Trinajstić information content (AvgIpc) is 2.99. The number of hydrogen-bond donors (Lipinski definition) is 0. The van der Waals surface area contributed by atoms with Crippen LogP contribution in [0.3, 0.4) is 0 Å². The highest BCUT2D eigenvalue weighted by molar-refractivity contribution is 5.86. The number of piperidine rings is 1. The van der Waals surface area contributed by atoms with Crippen molar-refractivity contribution in [3.8, 4) is 0 Å². The second kappa shape index (κ2) is 6.75. The van der Waals surface area contributed by atoms with Crippen LogP contribution in [0.5, 0.6) is 0 Å². The first kappa shape index (κ1) is 17.6. The zero-order chi connectivity index (χ0) is 18.3. The Bertz CT molecular complexity index is 802. The maximum atomic E-state index is 13.3. The molecule has 1 aliphatic carbocycles. The topological polar surface area (TPSA) is 25.2 Å². The van der Waals surface area contributed by atoms with Crippen LogP contribution < -0.4 is 0 Å². The summed E-state index contributed by atoms with van der Waals surface area (Å²) in [6, 6.07) is 9.04. The van der Waals surface area contributed by atoms with E-state index in [1.54, 1.807) is 0 Å². The number of carbonyl (C=O) groups excluding carboxylic acids is 1. The van der Waals surface area contributed by atoms with Gasteiger partial charge in [0.25, 0.3) is 0 Å². The summed E-state index contributed by atoms with van der Waals surface area (Å²) in [6.07, 6.45) is 10.5. The molecule has 3 heteroatoms. The Morgan fingerprint density at radius 1 is 1.12 bits per heavy atom. The number of aryl methyl sites for hydroxylation is 1. The van der Waals surface area contributed by atoms with E-state index < -0.39 is 0 Å². The number of likely N-dealkylation sites (tertiary alicyclic amines) is 1. The molecule has 0 spiro atoms. The van der Waals surface area contributed by atoms with Crippen LogP contribution in [-0.4, -0.2) is 28.0 Å². The van der Waals surface area contributed by atoms with Crippen LogP contribution in [0.15, 0.2) is 30.5 Å². The van der Waals surface area contributed by atoms with Crippen molar-refractivity contribution < 1.29 is 4.79 Å². The monoisotopic (exact) mass is 352 g/mol. The Kier molecular flexibility index (Phi) is 4.58. The largest absolute Gasteiger partial charge is 0.350 e. The van der Waals surface area contributed by atoms with E-state index in [1.807, 2.05) is 0 Å². The van der Waals surface area contributed by atoms with Crippen LogP contribution in [-0.2, 0) is 17.3 Å². The quantitative estimate of drug-likeness (QED) is 0.761. The van der Waals surface area contributed by atoms with Crippen LogP contribution in [0.2, 0.25) is 0 Å². The smallest absolute Gasteiger partial charge is 0.223 e. The van der Waals surface area contributed by atoms with Gasteiger partial charge in [-0.1, -0.05) is 44.9 Å².